The Balaban J connectivity index is 1.63. The van der Waals surface area contributed by atoms with Gasteiger partial charge in [0.05, 0.1) is 12.6 Å². The standard InChI is InChI=1S/C19H24N2O2/c1-15-9-6-7-12-18(15)23-14-8-13-20-19(22)21-16(2)17-10-4-3-5-11-17/h3-7,9-12,16H,8,13-14H2,1-2H3,(H2,20,21,22). The lowest BCUT2D eigenvalue weighted by Crippen LogP contribution is -2.37. The van der Waals surface area contributed by atoms with Crippen LogP contribution in [0.15, 0.2) is 54.6 Å². The van der Waals surface area contributed by atoms with Crippen molar-refractivity contribution >= 4 is 6.03 Å². The summed E-state index contributed by atoms with van der Waals surface area (Å²) >= 11 is 0. The topological polar surface area (TPSA) is 50.4 Å². The number of urea groups is 1. The van der Waals surface area contributed by atoms with Crippen molar-refractivity contribution in [1.82, 2.24) is 10.6 Å². The van der Waals surface area contributed by atoms with Crippen LogP contribution in [-0.4, -0.2) is 19.2 Å². The number of aryl methyl sites for hydroxylation is 1. The summed E-state index contributed by atoms with van der Waals surface area (Å²) in [5, 5.41) is 5.78. The second-order valence-corrected chi connectivity index (χ2v) is 5.50. The fourth-order valence-electron chi connectivity index (χ4n) is 2.25. The molecule has 1 atom stereocenters. The van der Waals surface area contributed by atoms with Crippen molar-refractivity contribution in [2.45, 2.75) is 26.3 Å². The minimum absolute atomic E-state index is 0.0144. The van der Waals surface area contributed by atoms with Crippen molar-refractivity contribution in [1.29, 1.82) is 0 Å². The van der Waals surface area contributed by atoms with Gasteiger partial charge in [0, 0.05) is 6.54 Å². The second-order valence-electron chi connectivity index (χ2n) is 5.50. The summed E-state index contributed by atoms with van der Waals surface area (Å²) < 4.78 is 5.70. The zero-order chi connectivity index (χ0) is 16.5. The summed E-state index contributed by atoms with van der Waals surface area (Å²) in [4.78, 5) is 11.9. The van der Waals surface area contributed by atoms with Gasteiger partial charge in [-0.3, -0.25) is 0 Å². The molecule has 0 spiro atoms. The first kappa shape index (κ1) is 16.9. The van der Waals surface area contributed by atoms with Crippen LogP contribution in [0.1, 0.15) is 30.5 Å². The first-order valence-corrected chi connectivity index (χ1v) is 7.94. The lowest BCUT2D eigenvalue weighted by Gasteiger charge is -2.15. The van der Waals surface area contributed by atoms with Crippen LogP contribution in [0.5, 0.6) is 5.75 Å². The number of hydrogen-bond acceptors (Lipinski definition) is 2. The van der Waals surface area contributed by atoms with Gasteiger partial charge in [0.15, 0.2) is 0 Å². The SMILES string of the molecule is Cc1ccccc1OCCCNC(=O)NC(C)c1ccccc1. The predicted molar refractivity (Wildman–Crippen MR) is 92.7 cm³/mol. The molecule has 0 aliphatic rings. The van der Waals surface area contributed by atoms with Crippen LogP contribution in [-0.2, 0) is 0 Å². The van der Waals surface area contributed by atoms with Gasteiger partial charge in [0.1, 0.15) is 5.75 Å². The highest BCUT2D eigenvalue weighted by Crippen LogP contribution is 2.16. The van der Waals surface area contributed by atoms with Gasteiger partial charge in [-0.25, -0.2) is 4.79 Å². The van der Waals surface area contributed by atoms with Crippen LogP contribution in [0.2, 0.25) is 0 Å². The Bertz CT molecular complexity index is 614. The molecule has 2 aromatic rings. The summed E-state index contributed by atoms with van der Waals surface area (Å²) in [7, 11) is 0. The number of nitrogens with one attached hydrogen (secondary N) is 2. The largest absolute Gasteiger partial charge is 0.493 e. The van der Waals surface area contributed by atoms with Crippen molar-refractivity contribution in [2.75, 3.05) is 13.2 Å². The van der Waals surface area contributed by atoms with Crippen LogP contribution in [0.4, 0.5) is 4.79 Å². The van der Waals surface area contributed by atoms with E-state index >= 15 is 0 Å². The molecule has 0 bridgehead atoms. The van der Waals surface area contributed by atoms with Gasteiger partial charge in [-0.15, -0.1) is 0 Å². The Kier molecular flexibility index (Phi) is 6.48. The minimum Gasteiger partial charge on any atom is -0.493 e. The molecule has 0 aliphatic heterocycles. The summed E-state index contributed by atoms with van der Waals surface area (Å²) in [6.45, 7) is 5.15. The van der Waals surface area contributed by atoms with Gasteiger partial charge in [-0.2, -0.15) is 0 Å². The van der Waals surface area contributed by atoms with E-state index in [2.05, 4.69) is 10.6 Å². The zero-order valence-electron chi connectivity index (χ0n) is 13.7. The van der Waals surface area contributed by atoms with Crippen LogP contribution in [0.3, 0.4) is 0 Å². The van der Waals surface area contributed by atoms with E-state index in [-0.39, 0.29) is 12.1 Å². The van der Waals surface area contributed by atoms with E-state index in [1.54, 1.807) is 0 Å². The quantitative estimate of drug-likeness (QED) is 0.764. The van der Waals surface area contributed by atoms with Gasteiger partial charge in [-0.05, 0) is 37.5 Å². The highest BCUT2D eigenvalue weighted by atomic mass is 16.5. The Hall–Kier alpha value is -2.49. The van der Waals surface area contributed by atoms with E-state index in [1.165, 1.54) is 0 Å². The number of para-hydroxylation sites is 1. The molecule has 0 heterocycles. The fraction of sp³-hybridized carbons (Fsp3) is 0.316. The third-order valence-electron chi connectivity index (χ3n) is 3.61. The molecule has 0 aromatic heterocycles. The zero-order valence-corrected chi connectivity index (χ0v) is 13.7. The maximum atomic E-state index is 11.9. The lowest BCUT2D eigenvalue weighted by atomic mass is 10.1. The van der Waals surface area contributed by atoms with E-state index in [1.807, 2.05) is 68.4 Å². The van der Waals surface area contributed by atoms with E-state index in [0.717, 1.165) is 23.3 Å². The van der Waals surface area contributed by atoms with Crippen molar-refractivity contribution in [3.05, 3.63) is 65.7 Å². The number of carbonyl (C=O) groups excluding carboxylic acids is 1. The summed E-state index contributed by atoms with van der Waals surface area (Å²) in [5.74, 6) is 0.898. The molecule has 2 rings (SSSR count). The Morgan fingerprint density at radius 2 is 1.78 bits per heavy atom. The molecule has 0 aliphatic carbocycles. The summed E-state index contributed by atoms with van der Waals surface area (Å²) in [6, 6.07) is 17.6. The number of carbonyl (C=O) groups is 1. The first-order valence-electron chi connectivity index (χ1n) is 7.94. The first-order chi connectivity index (χ1) is 11.2. The molecule has 2 N–H and O–H groups in total. The van der Waals surface area contributed by atoms with Crippen molar-refractivity contribution in [3.63, 3.8) is 0 Å². The third kappa shape index (κ3) is 5.66. The molecule has 4 heteroatoms. The third-order valence-corrected chi connectivity index (χ3v) is 3.61. The maximum absolute atomic E-state index is 11.9. The molecule has 0 saturated carbocycles. The smallest absolute Gasteiger partial charge is 0.315 e. The fourth-order valence-corrected chi connectivity index (χ4v) is 2.25. The molecular formula is C19H24N2O2. The van der Waals surface area contributed by atoms with Gasteiger partial charge in [-0.1, -0.05) is 48.5 Å². The van der Waals surface area contributed by atoms with Crippen molar-refractivity contribution < 1.29 is 9.53 Å². The normalized spacial score (nSPS) is 11.6. The highest BCUT2D eigenvalue weighted by Gasteiger charge is 2.08. The highest BCUT2D eigenvalue weighted by molar-refractivity contribution is 5.74. The molecule has 0 radical (unpaired) electrons. The number of rotatable bonds is 7. The molecule has 2 aromatic carbocycles. The van der Waals surface area contributed by atoms with Gasteiger partial charge in [0.25, 0.3) is 0 Å². The van der Waals surface area contributed by atoms with Crippen LogP contribution in [0, 0.1) is 6.92 Å². The van der Waals surface area contributed by atoms with Crippen LogP contribution < -0.4 is 15.4 Å². The monoisotopic (exact) mass is 312 g/mol. The van der Waals surface area contributed by atoms with Crippen molar-refractivity contribution in [2.24, 2.45) is 0 Å². The van der Waals surface area contributed by atoms with E-state index in [4.69, 9.17) is 4.74 Å². The lowest BCUT2D eigenvalue weighted by molar-refractivity contribution is 0.236. The number of amides is 2. The van der Waals surface area contributed by atoms with Crippen molar-refractivity contribution in [3.8, 4) is 5.75 Å². The van der Waals surface area contributed by atoms with Gasteiger partial charge < -0.3 is 15.4 Å². The predicted octanol–water partition coefficient (Wildman–Crippen LogP) is 3.82. The van der Waals surface area contributed by atoms with Gasteiger partial charge >= 0.3 is 6.03 Å². The average Bonchev–Trinajstić information content (AvgIpc) is 2.57. The molecular weight excluding hydrogens is 288 g/mol. The molecule has 23 heavy (non-hydrogen) atoms. The molecule has 2 amide bonds. The summed E-state index contributed by atoms with van der Waals surface area (Å²) in [6.07, 6.45) is 0.765. The molecule has 4 nitrogen and oxygen atoms in total. The molecule has 0 saturated heterocycles. The number of ether oxygens (including phenoxy) is 1. The molecule has 0 fully saturated rings. The maximum Gasteiger partial charge on any atom is 0.315 e. The minimum atomic E-state index is -0.155. The Labute approximate surface area is 137 Å². The summed E-state index contributed by atoms with van der Waals surface area (Å²) in [5.41, 5.74) is 2.21. The molecule has 1 unspecified atom stereocenters. The average molecular weight is 312 g/mol. The molecule has 122 valence electrons. The number of benzene rings is 2. The Morgan fingerprint density at radius 3 is 2.52 bits per heavy atom. The number of hydrogen-bond donors (Lipinski definition) is 2. The van der Waals surface area contributed by atoms with Crippen LogP contribution >= 0.6 is 0 Å². The second kappa shape index (κ2) is 8.83. The van der Waals surface area contributed by atoms with Crippen LogP contribution in [0.25, 0.3) is 0 Å². The Morgan fingerprint density at radius 1 is 1.09 bits per heavy atom. The van der Waals surface area contributed by atoms with E-state index < -0.39 is 0 Å². The van der Waals surface area contributed by atoms with Gasteiger partial charge in [0.2, 0.25) is 0 Å². The van der Waals surface area contributed by atoms with E-state index in [0.29, 0.717) is 13.2 Å². The van der Waals surface area contributed by atoms with E-state index in [9.17, 15) is 4.79 Å².